The molecule has 1 saturated heterocycles. The predicted molar refractivity (Wildman–Crippen MR) is 62.1 cm³/mol. The van der Waals surface area contributed by atoms with Crippen molar-refractivity contribution < 1.29 is 17.9 Å². The topological polar surface area (TPSA) is 24.5 Å². The van der Waals surface area contributed by atoms with Crippen molar-refractivity contribution in [2.75, 3.05) is 31.7 Å². The highest BCUT2D eigenvalue weighted by atomic mass is 19.4. The molecule has 0 atom stereocenters. The molecule has 1 heterocycles. The molecule has 0 radical (unpaired) electrons. The average molecular weight is 260 g/mol. The first-order chi connectivity index (χ1) is 8.55. The minimum absolute atomic E-state index is 0.451. The minimum atomic E-state index is -4.31. The van der Waals surface area contributed by atoms with E-state index in [1.165, 1.54) is 6.07 Å². The first-order valence-electron chi connectivity index (χ1n) is 5.82. The number of hydrogen-bond acceptors (Lipinski definition) is 3. The molecule has 0 aliphatic carbocycles. The number of benzene rings is 1. The summed E-state index contributed by atoms with van der Waals surface area (Å²) in [4.78, 5) is 0. The third kappa shape index (κ3) is 3.61. The van der Waals surface area contributed by atoms with Crippen molar-refractivity contribution in [3.63, 3.8) is 0 Å². The molecule has 0 spiro atoms. The Morgan fingerprint density at radius 1 is 1.17 bits per heavy atom. The van der Waals surface area contributed by atoms with E-state index in [1.54, 1.807) is 6.07 Å². The fourth-order valence-electron chi connectivity index (χ4n) is 1.81. The summed E-state index contributed by atoms with van der Waals surface area (Å²) in [6.07, 6.45) is -3.44. The van der Waals surface area contributed by atoms with E-state index in [2.05, 4.69) is 5.43 Å². The van der Waals surface area contributed by atoms with Gasteiger partial charge in [0.15, 0.2) is 0 Å². The van der Waals surface area contributed by atoms with Gasteiger partial charge in [0, 0.05) is 25.4 Å². The van der Waals surface area contributed by atoms with Crippen molar-refractivity contribution in [3.8, 4) is 0 Å². The Kier molecular flexibility index (Phi) is 4.08. The van der Waals surface area contributed by atoms with Crippen molar-refractivity contribution >= 4 is 5.69 Å². The zero-order chi connectivity index (χ0) is 13.0. The lowest BCUT2D eigenvalue weighted by molar-refractivity contribution is -0.137. The normalized spacial score (nSPS) is 18.4. The van der Waals surface area contributed by atoms with Crippen LogP contribution in [0.4, 0.5) is 18.9 Å². The van der Waals surface area contributed by atoms with Crippen molar-refractivity contribution in [1.82, 2.24) is 5.01 Å². The lowest BCUT2D eigenvalue weighted by Gasteiger charge is -2.22. The smallest absolute Gasteiger partial charge is 0.380 e. The summed E-state index contributed by atoms with van der Waals surface area (Å²) < 4.78 is 42.9. The molecule has 0 unspecified atom stereocenters. The standard InChI is InChI=1S/C12H15F3N2O/c13-12(14,15)10-3-1-4-11(9-10)16-17-5-2-7-18-8-6-17/h1,3-4,9,16H,2,5-8H2. The van der Waals surface area contributed by atoms with Crippen LogP contribution >= 0.6 is 0 Å². The zero-order valence-corrected chi connectivity index (χ0v) is 9.83. The van der Waals surface area contributed by atoms with Crippen LogP contribution in [0.25, 0.3) is 0 Å². The van der Waals surface area contributed by atoms with E-state index in [9.17, 15) is 13.2 Å². The molecular formula is C12H15F3N2O. The summed E-state index contributed by atoms with van der Waals surface area (Å²) in [7, 11) is 0. The van der Waals surface area contributed by atoms with Crippen LogP contribution in [-0.2, 0) is 10.9 Å². The van der Waals surface area contributed by atoms with Crippen LogP contribution < -0.4 is 5.43 Å². The lowest BCUT2D eigenvalue weighted by Crippen LogP contribution is -2.32. The number of nitrogens with one attached hydrogen (secondary N) is 1. The number of anilines is 1. The first kappa shape index (κ1) is 13.2. The second-order valence-electron chi connectivity index (χ2n) is 4.14. The maximum absolute atomic E-state index is 12.6. The predicted octanol–water partition coefficient (Wildman–Crippen LogP) is 2.75. The van der Waals surface area contributed by atoms with Gasteiger partial charge in [0.25, 0.3) is 0 Å². The number of hydrazine groups is 1. The molecule has 6 heteroatoms. The highest BCUT2D eigenvalue weighted by Gasteiger charge is 2.30. The van der Waals surface area contributed by atoms with E-state index < -0.39 is 11.7 Å². The van der Waals surface area contributed by atoms with E-state index in [0.717, 1.165) is 25.1 Å². The van der Waals surface area contributed by atoms with Crippen molar-refractivity contribution in [2.45, 2.75) is 12.6 Å². The SMILES string of the molecule is FC(F)(F)c1cccc(NN2CCCOCC2)c1. The van der Waals surface area contributed by atoms with Crippen LogP contribution in [-0.4, -0.2) is 31.3 Å². The second-order valence-corrected chi connectivity index (χ2v) is 4.14. The molecule has 3 nitrogen and oxygen atoms in total. The molecular weight excluding hydrogens is 245 g/mol. The van der Waals surface area contributed by atoms with E-state index >= 15 is 0 Å². The van der Waals surface area contributed by atoms with Crippen LogP contribution in [0.3, 0.4) is 0 Å². The number of hydrogen-bond donors (Lipinski definition) is 1. The Labute approximate surface area is 104 Å². The van der Waals surface area contributed by atoms with E-state index in [0.29, 0.717) is 25.4 Å². The Morgan fingerprint density at radius 2 is 2.00 bits per heavy atom. The zero-order valence-electron chi connectivity index (χ0n) is 9.83. The Bertz CT molecular complexity index is 387. The number of ether oxygens (including phenoxy) is 1. The van der Waals surface area contributed by atoms with Crippen molar-refractivity contribution in [2.24, 2.45) is 0 Å². The van der Waals surface area contributed by atoms with Gasteiger partial charge >= 0.3 is 6.18 Å². The molecule has 18 heavy (non-hydrogen) atoms. The highest BCUT2D eigenvalue weighted by molar-refractivity contribution is 5.45. The van der Waals surface area contributed by atoms with Crippen molar-refractivity contribution in [3.05, 3.63) is 29.8 Å². The largest absolute Gasteiger partial charge is 0.416 e. The molecule has 0 amide bonds. The fourth-order valence-corrected chi connectivity index (χ4v) is 1.81. The quantitative estimate of drug-likeness (QED) is 0.885. The van der Waals surface area contributed by atoms with Gasteiger partial charge in [-0.1, -0.05) is 6.07 Å². The fraction of sp³-hybridized carbons (Fsp3) is 0.500. The molecule has 1 aliphatic heterocycles. The molecule has 0 saturated carbocycles. The van der Waals surface area contributed by atoms with Gasteiger partial charge in [-0.05, 0) is 24.6 Å². The third-order valence-corrected chi connectivity index (χ3v) is 2.70. The number of rotatable bonds is 2. The molecule has 2 rings (SSSR count). The summed E-state index contributed by atoms with van der Waals surface area (Å²) in [6, 6.07) is 5.21. The van der Waals surface area contributed by atoms with Gasteiger partial charge < -0.3 is 10.2 Å². The minimum Gasteiger partial charge on any atom is -0.380 e. The molecule has 1 aliphatic rings. The van der Waals surface area contributed by atoms with Crippen molar-refractivity contribution in [1.29, 1.82) is 0 Å². The second kappa shape index (κ2) is 5.58. The summed E-state index contributed by atoms with van der Waals surface area (Å²) >= 11 is 0. The first-order valence-corrected chi connectivity index (χ1v) is 5.82. The Balaban J connectivity index is 2.04. The molecule has 1 aromatic rings. The maximum atomic E-state index is 12.6. The monoisotopic (exact) mass is 260 g/mol. The van der Waals surface area contributed by atoms with Gasteiger partial charge in [-0.3, -0.25) is 0 Å². The summed E-state index contributed by atoms with van der Waals surface area (Å²) in [6.45, 7) is 2.71. The van der Waals surface area contributed by atoms with Gasteiger partial charge in [-0.15, -0.1) is 0 Å². The molecule has 0 bridgehead atoms. The van der Waals surface area contributed by atoms with Gasteiger partial charge in [0.05, 0.1) is 12.2 Å². The number of halogens is 3. The highest BCUT2D eigenvalue weighted by Crippen LogP contribution is 2.30. The third-order valence-electron chi connectivity index (χ3n) is 2.70. The molecule has 1 fully saturated rings. The number of alkyl halides is 3. The summed E-state index contributed by atoms with van der Waals surface area (Å²) in [5, 5.41) is 1.88. The van der Waals surface area contributed by atoms with Crippen LogP contribution in [0, 0.1) is 0 Å². The van der Waals surface area contributed by atoms with E-state index in [4.69, 9.17) is 4.74 Å². The van der Waals surface area contributed by atoms with Gasteiger partial charge in [0.2, 0.25) is 0 Å². The summed E-state index contributed by atoms with van der Waals surface area (Å²) in [5.41, 5.74) is 2.80. The van der Waals surface area contributed by atoms with Crippen LogP contribution in [0.15, 0.2) is 24.3 Å². The summed E-state index contributed by atoms with van der Waals surface area (Å²) in [5.74, 6) is 0. The van der Waals surface area contributed by atoms with Gasteiger partial charge in [-0.25, -0.2) is 5.01 Å². The average Bonchev–Trinajstić information content (AvgIpc) is 2.57. The maximum Gasteiger partial charge on any atom is 0.416 e. The Hall–Kier alpha value is -1.27. The number of nitrogens with zero attached hydrogens (tertiary/aromatic N) is 1. The van der Waals surface area contributed by atoms with Gasteiger partial charge in [0.1, 0.15) is 0 Å². The molecule has 1 N–H and O–H groups in total. The van der Waals surface area contributed by atoms with Gasteiger partial charge in [-0.2, -0.15) is 13.2 Å². The molecule has 100 valence electrons. The van der Waals surface area contributed by atoms with Crippen LogP contribution in [0.2, 0.25) is 0 Å². The Morgan fingerprint density at radius 3 is 2.78 bits per heavy atom. The molecule has 1 aromatic carbocycles. The lowest BCUT2D eigenvalue weighted by atomic mass is 10.2. The van der Waals surface area contributed by atoms with Crippen LogP contribution in [0.1, 0.15) is 12.0 Å². The van der Waals surface area contributed by atoms with E-state index in [-0.39, 0.29) is 0 Å². The molecule has 0 aromatic heterocycles. The van der Waals surface area contributed by atoms with Crippen LogP contribution in [0.5, 0.6) is 0 Å². The van der Waals surface area contributed by atoms with E-state index in [1.807, 2.05) is 5.01 Å².